The average molecular weight is 208 g/mol. The molecule has 0 amide bonds. The third-order valence-corrected chi connectivity index (χ3v) is 2.97. The molecule has 0 aliphatic rings. The number of hydrogen-bond acceptors (Lipinski definition) is 1. The SMILES string of the molecule is CCCCCC(C)Cc1nccn1CC. The Labute approximate surface area is 93.7 Å². The summed E-state index contributed by atoms with van der Waals surface area (Å²) in [4.78, 5) is 4.42. The van der Waals surface area contributed by atoms with Gasteiger partial charge in [-0.25, -0.2) is 4.98 Å². The van der Waals surface area contributed by atoms with Gasteiger partial charge in [-0.15, -0.1) is 0 Å². The van der Waals surface area contributed by atoms with Crippen LogP contribution in [0.2, 0.25) is 0 Å². The number of imidazole rings is 1. The zero-order chi connectivity index (χ0) is 11.1. The first kappa shape index (κ1) is 12.3. The Morgan fingerprint density at radius 2 is 2.13 bits per heavy atom. The molecule has 2 heteroatoms. The summed E-state index contributed by atoms with van der Waals surface area (Å²) in [6, 6.07) is 0. The Balaban J connectivity index is 2.33. The van der Waals surface area contributed by atoms with Gasteiger partial charge < -0.3 is 4.57 Å². The fourth-order valence-electron chi connectivity index (χ4n) is 1.97. The summed E-state index contributed by atoms with van der Waals surface area (Å²) in [5.41, 5.74) is 0. The van der Waals surface area contributed by atoms with Crippen LogP contribution in [0.25, 0.3) is 0 Å². The highest BCUT2D eigenvalue weighted by atomic mass is 15.0. The van der Waals surface area contributed by atoms with Crippen LogP contribution in [0.3, 0.4) is 0 Å². The Hall–Kier alpha value is -0.790. The molecule has 15 heavy (non-hydrogen) atoms. The van der Waals surface area contributed by atoms with Crippen molar-refractivity contribution < 1.29 is 0 Å². The topological polar surface area (TPSA) is 17.8 Å². The maximum Gasteiger partial charge on any atom is 0.108 e. The van der Waals surface area contributed by atoms with Gasteiger partial charge in [-0.2, -0.15) is 0 Å². The van der Waals surface area contributed by atoms with Gasteiger partial charge in [0.05, 0.1) is 0 Å². The summed E-state index contributed by atoms with van der Waals surface area (Å²) in [5, 5.41) is 0. The molecule has 0 radical (unpaired) electrons. The molecule has 0 saturated heterocycles. The van der Waals surface area contributed by atoms with Crippen LogP contribution in [-0.4, -0.2) is 9.55 Å². The lowest BCUT2D eigenvalue weighted by atomic mass is 9.99. The van der Waals surface area contributed by atoms with E-state index in [1.165, 1.54) is 31.5 Å². The first-order valence-corrected chi connectivity index (χ1v) is 6.27. The number of unbranched alkanes of at least 4 members (excludes halogenated alkanes) is 2. The Kier molecular flexibility index (Phi) is 5.44. The molecule has 1 heterocycles. The van der Waals surface area contributed by atoms with Crippen LogP contribution >= 0.6 is 0 Å². The van der Waals surface area contributed by atoms with Gasteiger partial charge in [0.2, 0.25) is 0 Å². The molecule has 0 bridgehead atoms. The van der Waals surface area contributed by atoms with Crippen molar-refractivity contribution in [3.63, 3.8) is 0 Å². The maximum atomic E-state index is 4.42. The zero-order valence-electron chi connectivity index (χ0n) is 10.4. The van der Waals surface area contributed by atoms with Crippen LogP contribution in [0.4, 0.5) is 0 Å². The zero-order valence-corrected chi connectivity index (χ0v) is 10.4. The molecule has 0 spiro atoms. The Morgan fingerprint density at radius 3 is 2.80 bits per heavy atom. The van der Waals surface area contributed by atoms with E-state index in [0.29, 0.717) is 0 Å². The summed E-state index contributed by atoms with van der Waals surface area (Å²) in [6.07, 6.45) is 10.5. The fourth-order valence-corrected chi connectivity index (χ4v) is 1.97. The smallest absolute Gasteiger partial charge is 0.108 e. The second-order valence-electron chi connectivity index (χ2n) is 4.43. The number of rotatable bonds is 7. The van der Waals surface area contributed by atoms with Crippen molar-refractivity contribution >= 4 is 0 Å². The summed E-state index contributed by atoms with van der Waals surface area (Å²) in [5.74, 6) is 2.02. The summed E-state index contributed by atoms with van der Waals surface area (Å²) >= 11 is 0. The van der Waals surface area contributed by atoms with Gasteiger partial charge in [0.15, 0.2) is 0 Å². The van der Waals surface area contributed by atoms with Crippen molar-refractivity contribution in [2.75, 3.05) is 0 Å². The molecule has 0 saturated carbocycles. The van der Waals surface area contributed by atoms with Crippen LogP contribution in [0.5, 0.6) is 0 Å². The lowest BCUT2D eigenvalue weighted by molar-refractivity contribution is 0.473. The van der Waals surface area contributed by atoms with E-state index >= 15 is 0 Å². The second kappa shape index (κ2) is 6.65. The highest BCUT2D eigenvalue weighted by molar-refractivity contribution is 4.93. The minimum Gasteiger partial charge on any atom is -0.335 e. The Bertz CT molecular complexity index is 265. The molecule has 1 aromatic rings. The summed E-state index contributed by atoms with van der Waals surface area (Å²) in [6.45, 7) is 7.81. The van der Waals surface area contributed by atoms with Crippen molar-refractivity contribution in [1.29, 1.82) is 0 Å². The van der Waals surface area contributed by atoms with E-state index in [0.717, 1.165) is 18.9 Å². The minimum absolute atomic E-state index is 0.768. The van der Waals surface area contributed by atoms with Gasteiger partial charge in [-0.1, -0.05) is 39.5 Å². The third kappa shape index (κ3) is 4.06. The van der Waals surface area contributed by atoms with Crippen LogP contribution in [0.1, 0.15) is 52.3 Å². The van der Waals surface area contributed by atoms with E-state index < -0.39 is 0 Å². The van der Waals surface area contributed by atoms with Crippen molar-refractivity contribution in [3.8, 4) is 0 Å². The lowest BCUT2D eigenvalue weighted by Gasteiger charge is -2.11. The molecule has 0 aliphatic heterocycles. The van der Waals surface area contributed by atoms with Crippen molar-refractivity contribution in [3.05, 3.63) is 18.2 Å². The molecular formula is C13H24N2. The summed E-state index contributed by atoms with van der Waals surface area (Å²) in [7, 11) is 0. The molecule has 2 nitrogen and oxygen atoms in total. The van der Waals surface area contributed by atoms with E-state index in [-0.39, 0.29) is 0 Å². The van der Waals surface area contributed by atoms with Gasteiger partial charge >= 0.3 is 0 Å². The highest BCUT2D eigenvalue weighted by Gasteiger charge is 2.07. The average Bonchev–Trinajstić information content (AvgIpc) is 2.65. The largest absolute Gasteiger partial charge is 0.335 e. The normalized spacial score (nSPS) is 13.0. The molecular weight excluding hydrogens is 184 g/mol. The standard InChI is InChI=1S/C13H24N2/c1-4-6-7-8-12(3)11-13-14-9-10-15(13)5-2/h9-10,12H,4-8,11H2,1-3H3. The van der Waals surface area contributed by atoms with Gasteiger partial charge in [0.25, 0.3) is 0 Å². The molecule has 86 valence electrons. The van der Waals surface area contributed by atoms with Crippen LogP contribution in [-0.2, 0) is 13.0 Å². The fraction of sp³-hybridized carbons (Fsp3) is 0.769. The van der Waals surface area contributed by atoms with E-state index in [4.69, 9.17) is 0 Å². The van der Waals surface area contributed by atoms with Crippen LogP contribution < -0.4 is 0 Å². The van der Waals surface area contributed by atoms with E-state index in [1.54, 1.807) is 0 Å². The van der Waals surface area contributed by atoms with Gasteiger partial charge in [-0.05, 0) is 12.8 Å². The molecule has 1 rings (SSSR count). The third-order valence-electron chi connectivity index (χ3n) is 2.97. The number of aromatic nitrogens is 2. The van der Waals surface area contributed by atoms with Crippen molar-refractivity contribution in [2.24, 2.45) is 5.92 Å². The van der Waals surface area contributed by atoms with Gasteiger partial charge in [0.1, 0.15) is 5.82 Å². The van der Waals surface area contributed by atoms with E-state index in [9.17, 15) is 0 Å². The number of hydrogen-bond donors (Lipinski definition) is 0. The molecule has 1 unspecified atom stereocenters. The summed E-state index contributed by atoms with van der Waals surface area (Å²) < 4.78 is 2.25. The molecule has 1 aromatic heterocycles. The predicted octanol–water partition coefficient (Wildman–Crippen LogP) is 3.66. The van der Waals surface area contributed by atoms with Crippen LogP contribution in [0.15, 0.2) is 12.4 Å². The lowest BCUT2D eigenvalue weighted by Crippen LogP contribution is -2.07. The van der Waals surface area contributed by atoms with Gasteiger partial charge in [-0.3, -0.25) is 0 Å². The van der Waals surface area contributed by atoms with Crippen LogP contribution in [0, 0.1) is 5.92 Å². The molecule has 0 fully saturated rings. The minimum atomic E-state index is 0.768. The predicted molar refractivity (Wildman–Crippen MR) is 64.9 cm³/mol. The monoisotopic (exact) mass is 208 g/mol. The highest BCUT2D eigenvalue weighted by Crippen LogP contribution is 2.14. The molecule has 0 aliphatic carbocycles. The Morgan fingerprint density at radius 1 is 1.33 bits per heavy atom. The molecule has 1 atom stereocenters. The maximum absolute atomic E-state index is 4.42. The molecule has 0 N–H and O–H groups in total. The van der Waals surface area contributed by atoms with Gasteiger partial charge in [0, 0.05) is 25.4 Å². The van der Waals surface area contributed by atoms with E-state index in [2.05, 4.69) is 36.5 Å². The molecule has 0 aromatic carbocycles. The van der Waals surface area contributed by atoms with Crippen molar-refractivity contribution in [2.45, 2.75) is 59.4 Å². The first-order valence-electron chi connectivity index (χ1n) is 6.27. The number of aryl methyl sites for hydroxylation is 1. The number of nitrogens with zero attached hydrogens (tertiary/aromatic N) is 2. The quantitative estimate of drug-likeness (QED) is 0.625. The van der Waals surface area contributed by atoms with E-state index in [1.807, 2.05) is 6.20 Å². The second-order valence-corrected chi connectivity index (χ2v) is 4.43. The first-order chi connectivity index (χ1) is 7.27. The van der Waals surface area contributed by atoms with Crippen molar-refractivity contribution in [1.82, 2.24) is 9.55 Å².